The van der Waals surface area contributed by atoms with Gasteiger partial charge in [0.2, 0.25) is 0 Å². The highest BCUT2D eigenvalue weighted by Crippen LogP contribution is 2.41. The van der Waals surface area contributed by atoms with Crippen LogP contribution in [0.4, 0.5) is 0 Å². The van der Waals surface area contributed by atoms with Crippen LogP contribution in [0, 0.1) is 23.7 Å². The van der Waals surface area contributed by atoms with Gasteiger partial charge in [-0.2, -0.15) is 0 Å². The third kappa shape index (κ3) is 6.33. The lowest BCUT2D eigenvalue weighted by atomic mass is 9.73. The maximum Gasteiger partial charge on any atom is 0.140 e. The van der Waals surface area contributed by atoms with Crippen LogP contribution in [0.25, 0.3) is 0 Å². The van der Waals surface area contributed by atoms with Crippen molar-refractivity contribution < 1.29 is 9.53 Å². The van der Waals surface area contributed by atoms with Gasteiger partial charge in [0.25, 0.3) is 0 Å². The Bertz CT molecular complexity index is 517. The monoisotopic (exact) mass is 626 g/mol. The molecule has 0 saturated heterocycles. The van der Waals surface area contributed by atoms with E-state index in [2.05, 4.69) is 45.2 Å². The van der Waals surface area contributed by atoms with Gasteiger partial charge in [-0.3, -0.25) is 4.79 Å². The number of ketones is 1. The van der Waals surface area contributed by atoms with Gasteiger partial charge in [0.1, 0.15) is 5.78 Å². The second-order valence-electron chi connectivity index (χ2n) is 10.5. The SMILES string of the molecule is O=C(C1CCC(OC2CCC(C3CCCCC3)CC2)CC1)C1CC(I)CCC1I. The van der Waals surface area contributed by atoms with E-state index in [-0.39, 0.29) is 0 Å². The van der Waals surface area contributed by atoms with Crippen molar-refractivity contribution in [3.05, 3.63) is 0 Å². The van der Waals surface area contributed by atoms with Crippen molar-refractivity contribution in [2.75, 3.05) is 0 Å². The van der Waals surface area contributed by atoms with Gasteiger partial charge in [0.05, 0.1) is 12.2 Å². The van der Waals surface area contributed by atoms with Gasteiger partial charge in [-0.25, -0.2) is 0 Å². The fourth-order valence-corrected chi connectivity index (χ4v) is 8.65. The molecule has 2 nitrogen and oxygen atoms in total. The maximum absolute atomic E-state index is 13.1. The summed E-state index contributed by atoms with van der Waals surface area (Å²) in [5, 5.41) is 0. The Morgan fingerprint density at radius 3 is 1.90 bits per heavy atom. The van der Waals surface area contributed by atoms with Crippen LogP contribution in [-0.2, 0) is 9.53 Å². The van der Waals surface area contributed by atoms with Crippen LogP contribution in [0.2, 0.25) is 0 Å². The third-order valence-electron chi connectivity index (χ3n) is 8.56. The summed E-state index contributed by atoms with van der Waals surface area (Å²) in [6, 6.07) is 0. The van der Waals surface area contributed by atoms with E-state index < -0.39 is 0 Å². The van der Waals surface area contributed by atoms with Crippen molar-refractivity contribution in [3.8, 4) is 0 Å². The third-order valence-corrected chi connectivity index (χ3v) is 11.2. The molecule has 4 heteroatoms. The first-order chi connectivity index (χ1) is 14.1. The highest BCUT2D eigenvalue weighted by atomic mass is 127. The van der Waals surface area contributed by atoms with Crippen LogP contribution >= 0.6 is 45.2 Å². The van der Waals surface area contributed by atoms with Gasteiger partial charge in [-0.05, 0) is 82.5 Å². The zero-order valence-electron chi connectivity index (χ0n) is 18.0. The number of carbonyl (C=O) groups excluding carboxylic acids is 1. The van der Waals surface area contributed by atoms with E-state index in [4.69, 9.17) is 4.74 Å². The molecular weight excluding hydrogens is 586 g/mol. The highest BCUT2D eigenvalue weighted by molar-refractivity contribution is 14.1. The van der Waals surface area contributed by atoms with E-state index in [1.54, 1.807) is 0 Å². The first kappa shape index (κ1) is 23.3. The Labute approximate surface area is 205 Å². The minimum atomic E-state index is 0.320. The van der Waals surface area contributed by atoms with Crippen LogP contribution in [0.3, 0.4) is 0 Å². The summed E-state index contributed by atoms with van der Waals surface area (Å²) in [6.07, 6.45) is 21.7. The van der Waals surface area contributed by atoms with Gasteiger partial charge >= 0.3 is 0 Å². The van der Waals surface area contributed by atoms with E-state index in [1.165, 1.54) is 70.6 Å². The van der Waals surface area contributed by atoms with Crippen LogP contribution in [0.5, 0.6) is 0 Å². The molecule has 4 saturated carbocycles. The summed E-state index contributed by atoms with van der Waals surface area (Å²) in [4.78, 5) is 13.1. The quantitative estimate of drug-likeness (QED) is 0.231. The number of hydrogen-bond donors (Lipinski definition) is 0. The average molecular weight is 626 g/mol. The second-order valence-corrected chi connectivity index (χ2v) is 13.8. The lowest BCUT2D eigenvalue weighted by Gasteiger charge is -2.38. The predicted octanol–water partition coefficient (Wildman–Crippen LogP) is 7.68. The number of rotatable bonds is 5. The Hall–Kier alpha value is 1.09. The highest BCUT2D eigenvalue weighted by Gasteiger charge is 2.38. The molecule has 4 fully saturated rings. The normalized spacial score (nSPS) is 42.5. The molecule has 0 heterocycles. The number of halogens is 2. The molecule has 0 spiro atoms. The lowest BCUT2D eigenvalue weighted by molar-refractivity contribution is -0.130. The summed E-state index contributed by atoms with van der Waals surface area (Å²) in [7, 11) is 0. The van der Waals surface area contributed by atoms with Crippen molar-refractivity contribution in [2.24, 2.45) is 23.7 Å². The number of carbonyl (C=O) groups is 1. The van der Waals surface area contributed by atoms with Crippen LogP contribution < -0.4 is 0 Å². The fraction of sp³-hybridized carbons (Fsp3) is 0.960. The van der Waals surface area contributed by atoms with Gasteiger partial charge < -0.3 is 4.74 Å². The molecule has 0 aromatic carbocycles. The molecule has 4 aliphatic carbocycles. The first-order valence-corrected chi connectivity index (χ1v) is 15.1. The lowest BCUT2D eigenvalue weighted by Crippen LogP contribution is -2.38. The molecule has 166 valence electrons. The van der Waals surface area contributed by atoms with E-state index in [0.29, 0.717) is 37.7 Å². The van der Waals surface area contributed by atoms with E-state index in [0.717, 1.165) is 43.9 Å². The van der Waals surface area contributed by atoms with E-state index in [1.807, 2.05) is 0 Å². The average Bonchev–Trinajstić information content (AvgIpc) is 2.77. The summed E-state index contributed by atoms with van der Waals surface area (Å²) >= 11 is 5.11. The zero-order chi connectivity index (χ0) is 20.2. The Morgan fingerprint density at radius 1 is 0.655 bits per heavy atom. The van der Waals surface area contributed by atoms with Gasteiger partial charge in [-0.1, -0.05) is 77.3 Å². The minimum Gasteiger partial charge on any atom is -0.375 e. The van der Waals surface area contributed by atoms with Crippen molar-refractivity contribution in [1.82, 2.24) is 0 Å². The summed E-state index contributed by atoms with van der Waals surface area (Å²) in [6.45, 7) is 0. The zero-order valence-corrected chi connectivity index (χ0v) is 22.3. The molecule has 3 unspecified atom stereocenters. The molecule has 0 amide bonds. The molecule has 0 aliphatic heterocycles. The van der Waals surface area contributed by atoms with Crippen molar-refractivity contribution >= 4 is 51.0 Å². The smallest absolute Gasteiger partial charge is 0.140 e. The summed E-state index contributed by atoms with van der Waals surface area (Å²) in [5.74, 6) is 3.25. The molecule has 0 aromatic rings. The molecule has 4 aliphatic rings. The molecule has 3 atom stereocenters. The van der Waals surface area contributed by atoms with Crippen molar-refractivity contribution in [2.45, 2.75) is 123 Å². The first-order valence-electron chi connectivity index (χ1n) is 12.6. The molecule has 4 rings (SSSR count). The Morgan fingerprint density at radius 2 is 1.24 bits per heavy atom. The Kier molecular flexibility index (Phi) is 9.05. The molecule has 0 radical (unpaired) electrons. The van der Waals surface area contributed by atoms with E-state index in [9.17, 15) is 4.79 Å². The van der Waals surface area contributed by atoms with Crippen LogP contribution in [-0.4, -0.2) is 25.8 Å². The van der Waals surface area contributed by atoms with Crippen molar-refractivity contribution in [3.63, 3.8) is 0 Å². The molecular formula is C25H40I2O2. The second kappa shape index (κ2) is 11.3. The van der Waals surface area contributed by atoms with E-state index >= 15 is 0 Å². The Balaban J connectivity index is 1.17. The molecule has 0 aromatic heterocycles. The summed E-state index contributed by atoms with van der Waals surface area (Å²) < 4.78 is 7.84. The van der Waals surface area contributed by atoms with Crippen LogP contribution in [0.1, 0.15) is 103 Å². The maximum atomic E-state index is 13.1. The molecule has 0 bridgehead atoms. The number of hydrogen-bond acceptors (Lipinski definition) is 2. The molecule has 29 heavy (non-hydrogen) atoms. The minimum absolute atomic E-state index is 0.320. The fourth-order valence-electron chi connectivity index (χ4n) is 6.74. The number of ether oxygens (including phenoxy) is 1. The van der Waals surface area contributed by atoms with Crippen molar-refractivity contribution in [1.29, 1.82) is 0 Å². The summed E-state index contributed by atoms with van der Waals surface area (Å²) in [5.41, 5.74) is 0. The van der Waals surface area contributed by atoms with Gasteiger partial charge in [0, 0.05) is 19.7 Å². The predicted molar refractivity (Wildman–Crippen MR) is 137 cm³/mol. The standard InChI is InChI=1S/C25H40I2O2/c26-20-10-15-24(27)23(16-20)25(28)19-8-13-22(14-9-19)29-21-11-6-18(7-12-21)17-4-2-1-3-5-17/h17-24H,1-16H2. The number of Topliss-reactive ketones (excluding diaryl/α,β-unsaturated/α-hetero) is 1. The largest absolute Gasteiger partial charge is 0.375 e. The topological polar surface area (TPSA) is 26.3 Å². The van der Waals surface area contributed by atoms with Crippen LogP contribution in [0.15, 0.2) is 0 Å². The van der Waals surface area contributed by atoms with Gasteiger partial charge in [0.15, 0.2) is 0 Å². The van der Waals surface area contributed by atoms with Gasteiger partial charge in [-0.15, -0.1) is 0 Å². The number of alkyl halides is 2. The molecule has 0 N–H and O–H groups in total.